The monoisotopic (exact) mass is 171 g/mol. The van der Waals surface area contributed by atoms with E-state index in [4.69, 9.17) is 0 Å². The molecule has 3 nitrogen and oxygen atoms in total. The first-order chi connectivity index (χ1) is 5.72. The second-order valence-electron chi connectivity index (χ2n) is 3.42. The van der Waals surface area contributed by atoms with Gasteiger partial charge in [-0.05, 0) is 25.8 Å². The van der Waals surface area contributed by atoms with Crippen LogP contribution in [0.5, 0.6) is 0 Å². The number of hydrogen-bond acceptors (Lipinski definition) is 3. The Morgan fingerprint density at radius 3 is 2.58 bits per heavy atom. The molecule has 0 heterocycles. The van der Waals surface area contributed by atoms with Crippen LogP contribution in [0, 0.1) is 0 Å². The van der Waals surface area contributed by atoms with Crippen LogP contribution >= 0.6 is 0 Å². The number of rotatable bonds is 4. The molecule has 0 unspecified atom stereocenters. The van der Waals surface area contributed by atoms with Gasteiger partial charge in [0.1, 0.15) is 0 Å². The number of hydrogen-bond donors (Lipinski definition) is 1. The summed E-state index contributed by atoms with van der Waals surface area (Å²) in [5, 5.41) is 3.36. The van der Waals surface area contributed by atoms with Gasteiger partial charge in [0, 0.05) is 5.54 Å². The van der Waals surface area contributed by atoms with Crippen LogP contribution in [0.4, 0.5) is 0 Å². The smallest absolute Gasteiger partial charge is 0.307 e. The molecule has 1 rings (SSSR count). The van der Waals surface area contributed by atoms with E-state index in [9.17, 15) is 4.79 Å². The van der Waals surface area contributed by atoms with E-state index in [2.05, 4.69) is 17.0 Å². The van der Waals surface area contributed by atoms with Gasteiger partial charge < -0.3 is 10.1 Å². The molecule has 0 aliphatic heterocycles. The number of carbonyl (C=O) groups excluding carboxylic acids is 1. The molecule has 0 saturated heterocycles. The molecule has 12 heavy (non-hydrogen) atoms. The van der Waals surface area contributed by atoms with Crippen LogP contribution in [0.1, 0.15) is 32.6 Å². The SMILES string of the molecule is CCNC1(CC(=O)OC)CCC1. The van der Waals surface area contributed by atoms with Crippen molar-refractivity contribution >= 4 is 5.97 Å². The predicted octanol–water partition coefficient (Wildman–Crippen LogP) is 1.08. The van der Waals surface area contributed by atoms with E-state index < -0.39 is 0 Å². The van der Waals surface area contributed by atoms with Gasteiger partial charge in [0.25, 0.3) is 0 Å². The molecular formula is C9H17NO2. The zero-order valence-corrected chi connectivity index (χ0v) is 7.85. The zero-order chi connectivity index (χ0) is 9.03. The van der Waals surface area contributed by atoms with Crippen LogP contribution in [0.2, 0.25) is 0 Å². The number of nitrogens with one attached hydrogen (secondary N) is 1. The van der Waals surface area contributed by atoms with Gasteiger partial charge >= 0.3 is 5.97 Å². The fraction of sp³-hybridized carbons (Fsp3) is 0.889. The quantitative estimate of drug-likeness (QED) is 0.643. The zero-order valence-electron chi connectivity index (χ0n) is 7.85. The average Bonchev–Trinajstić information content (AvgIpc) is 2.00. The molecule has 70 valence electrons. The highest BCUT2D eigenvalue weighted by atomic mass is 16.5. The van der Waals surface area contributed by atoms with Crippen molar-refractivity contribution in [3.8, 4) is 0 Å². The molecule has 1 N–H and O–H groups in total. The van der Waals surface area contributed by atoms with Crippen molar-refractivity contribution in [2.75, 3.05) is 13.7 Å². The maximum atomic E-state index is 11.0. The first kappa shape index (κ1) is 9.52. The molecule has 1 saturated carbocycles. The molecule has 0 spiro atoms. The summed E-state index contributed by atoms with van der Waals surface area (Å²) in [5.74, 6) is -0.101. The third-order valence-corrected chi connectivity index (χ3v) is 2.57. The van der Waals surface area contributed by atoms with E-state index in [1.165, 1.54) is 13.5 Å². The molecular weight excluding hydrogens is 154 g/mol. The van der Waals surface area contributed by atoms with Gasteiger partial charge in [-0.1, -0.05) is 6.92 Å². The fourth-order valence-electron chi connectivity index (χ4n) is 1.74. The molecule has 0 aromatic rings. The number of carbonyl (C=O) groups is 1. The van der Waals surface area contributed by atoms with E-state index in [0.717, 1.165) is 19.4 Å². The van der Waals surface area contributed by atoms with Crippen LogP contribution < -0.4 is 5.32 Å². The Morgan fingerprint density at radius 1 is 1.58 bits per heavy atom. The highest BCUT2D eigenvalue weighted by molar-refractivity contribution is 5.71. The van der Waals surface area contributed by atoms with Gasteiger partial charge in [-0.15, -0.1) is 0 Å². The second kappa shape index (κ2) is 3.90. The van der Waals surface area contributed by atoms with Crippen LogP contribution in [-0.4, -0.2) is 25.2 Å². The van der Waals surface area contributed by atoms with Crippen molar-refractivity contribution in [3.05, 3.63) is 0 Å². The van der Waals surface area contributed by atoms with E-state index in [-0.39, 0.29) is 11.5 Å². The average molecular weight is 171 g/mol. The summed E-state index contributed by atoms with van der Waals surface area (Å²) in [6.45, 7) is 2.99. The summed E-state index contributed by atoms with van der Waals surface area (Å²) in [6, 6.07) is 0. The van der Waals surface area contributed by atoms with Gasteiger partial charge in [0.2, 0.25) is 0 Å². The first-order valence-corrected chi connectivity index (χ1v) is 4.54. The summed E-state index contributed by atoms with van der Waals surface area (Å²) < 4.78 is 4.65. The largest absolute Gasteiger partial charge is 0.469 e. The summed E-state index contributed by atoms with van der Waals surface area (Å²) >= 11 is 0. The summed E-state index contributed by atoms with van der Waals surface area (Å²) in [6.07, 6.45) is 3.97. The Balaban J connectivity index is 2.39. The van der Waals surface area contributed by atoms with Gasteiger partial charge in [0.15, 0.2) is 0 Å². The minimum atomic E-state index is -0.101. The highest BCUT2D eigenvalue weighted by Crippen LogP contribution is 2.34. The maximum absolute atomic E-state index is 11.0. The molecule has 0 bridgehead atoms. The van der Waals surface area contributed by atoms with Crippen molar-refractivity contribution in [2.45, 2.75) is 38.1 Å². The molecule has 0 aromatic heterocycles. The Kier molecular flexibility index (Phi) is 3.09. The van der Waals surface area contributed by atoms with Crippen molar-refractivity contribution in [2.24, 2.45) is 0 Å². The number of esters is 1. The van der Waals surface area contributed by atoms with Crippen LogP contribution in [0.15, 0.2) is 0 Å². The topological polar surface area (TPSA) is 38.3 Å². The molecule has 0 radical (unpaired) electrons. The van der Waals surface area contributed by atoms with Crippen molar-refractivity contribution in [1.29, 1.82) is 0 Å². The molecule has 1 fully saturated rings. The predicted molar refractivity (Wildman–Crippen MR) is 46.9 cm³/mol. The van der Waals surface area contributed by atoms with Crippen molar-refractivity contribution in [3.63, 3.8) is 0 Å². The fourth-order valence-corrected chi connectivity index (χ4v) is 1.74. The lowest BCUT2D eigenvalue weighted by Gasteiger charge is -2.41. The van der Waals surface area contributed by atoms with Gasteiger partial charge in [0.05, 0.1) is 13.5 Å². The van der Waals surface area contributed by atoms with Gasteiger partial charge in [-0.2, -0.15) is 0 Å². The molecule has 1 aliphatic carbocycles. The summed E-state index contributed by atoms with van der Waals surface area (Å²) in [5.41, 5.74) is 0.0713. The van der Waals surface area contributed by atoms with Crippen molar-refractivity contribution in [1.82, 2.24) is 5.32 Å². The second-order valence-corrected chi connectivity index (χ2v) is 3.42. The molecule has 0 aromatic carbocycles. The van der Waals surface area contributed by atoms with Crippen molar-refractivity contribution < 1.29 is 9.53 Å². The standard InChI is InChI=1S/C9H17NO2/c1-3-10-9(5-4-6-9)7-8(11)12-2/h10H,3-7H2,1-2H3. The number of ether oxygens (including phenoxy) is 1. The third-order valence-electron chi connectivity index (χ3n) is 2.57. The lowest BCUT2D eigenvalue weighted by molar-refractivity contribution is -0.143. The van der Waals surface area contributed by atoms with E-state index in [0.29, 0.717) is 6.42 Å². The van der Waals surface area contributed by atoms with E-state index in [1.54, 1.807) is 0 Å². The van der Waals surface area contributed by atoms with Crippen LogP contribution in [0.3, 0.4) is 0 Å². The van der Waals surface area contributed by atoms with Gasteiger partial charge in [-0.25, -0.2) is 0 Å². The van der Waals surface area contributed by atoms with E-state index >= 15 is 0 Å². The molecule has 0 atom stereocenters. The molecule has 1 aliphatic rings. The Bertz CT molecular complexity index is 164. The van der Waals surface area contributed by atoms with Crippen LogP contribution in [0.25, 0.3) is 0 Å². The lowest BCUT2D eigenvalue weighted by Crippen LogP contribution is -2.52. The summed E-state index contributed by atoms with van der Waals surface area (Å²) in [4.78, 5) is 11.0. The Morgan fingerprint density at radius 2 is 2.25 bits per heavy atom. The normalized spacial score (nSPS) is 19.8. The summed E-state index contributed by atoms with van der Waals surface area (Å²) in [7, 11) is 1.45. The van der Waals surface area contributed by atoms with Gasteiger partial charge in [-0.3, -0.25) is 4.79 Å². The number of methoxy groups -OCH3 is 1. The minimum Gasteiger partial charge on any atom is -0.469 e. The third kappa shape index (κ3) is 1.97. The first-order valence-electron chi connectivity index (χ1n) is 4.54. The molecule has 3 heteroatoms. The minimum absolute atomic E-state index is 0.0713. The lowest BCUT2D eigenvalue weighted by atomic mass is 9.74. The van der Waals surface area contributed by atoms with E-state index in [1.807, 2.05) is 0 Å². The van der Waals surface area contributed by atoms with Crippen LogP contribution in [-0.2, 0) is 9.53 Å². The Labute approximate surface area is 73.5 Å². The highest BCUT2D eigenvalue weighted by Gasteiger charge is 2.38. The maximum Gasteiger partial charge on any atom is 0.307 e. The Hall–Kier alpha value is -0.570. The molecule has 0 amide bonds.